The van der Waals surface area contributed by atoms with E-state index in [0.717, 1.165) is 10.6 Å². The fraction of sp³-hybridized carbons (Fsp3) is 0.304. The standard InChI is InChI=1S/C23H24N2O5/c1-3-19(21(27)16-9-5-4-6-10-16)30-23(29)18-13-20(26)25(14-18)24-22(28)17-11-7-8-15(2)12-17/h4-12,18-19H,3,13-14H2,1-2H3,(H,24,28)/t18-,19+/m1/s1. The molecule has 3 rings (SSSR count). The number of hydrogen-bond acceptors (Lipinski definition) is 5. The molecule has 2 aromatic carbocycles. The third kappa shape index (κ3) is 4.92. The summed E-state index contributed by atoms with van der Waals surface area (Å²) >= 11 is 0. The van der Waals surface area contributed by atoms with Crippen LogP contribution in [0.25, 0.3) is 0 Å². The summed E-state index contributed by atoms with van der Waals surface area (Å²) in [6, 6.07) is 15.6. The molecular formula is C23H24N2O5. The third-order valence-corrected chi connectivity index (χ3v) is 4.96. The van der Waals surface area contributed by atoms with Crippen molar-refractivity contribution < 1.29 is 23.9 Å². The van der Waals surface area contributed by atoms with E-state index in [1.807, 2.05) is 13.0 Å². The Bertz CT molecular complexity index is 957. The average Bonchev–Trinajstić information content (AvgIpc) is 3.12. The van der Waals surface area contributed by atoms with Gasteiger partial charge in [-0.05, 0) is 25.5 Å². The van der Waals surface area contributed by atoms with Crippen molar-refractivity contribution in [3.05, 3.63) is 71.3 Å². The van der Waals surface area contributed by atoms with Crippen molar-refractivity contribution in [2.75, 3.05) is 6.54 Å². The van der Waals surface area contributed by atoms with E-state index in [2.05, 4.69) is 5.43 Å². The first-order chi connectivity index (χ1) is 14.4. The summed E-state index contributed by atoms with van der Waals surface area (Å²) in [6.07, 6.45) is -0.664. The fourth-order valence-electron chi connectivity index (χ4n) is 3.29. The van der Waals surface area contributed by atoms with E-state index >= 15 is 0 Å². The first kappa shape index (κ1) is 21.2. The summed E-state index contributed by atoms with van der Waals surface area (Å²) in [5.74, 6) is -2.44. The maximum absolute atomic E-state index is 12.6. The van der Waals surface area contributed by atoms with Gasteiger partial charge >= 0.3 is 5.97 Å². The average molecular weight is 408 g/mol. The predicted octanol–water partition coefficient (Wildman–Crippen LogP) is 2.69. The lowest BCUT2D eigenvalue weighted by Crippen LogP contribution is -2.43. The minimum Gasteiger partial charge on any atom is -0.454 e. The molecule has 1 aliphatic heterocycles. The third-order valence-electron chi connectivity index (χ3n) is 4.96. The van der Waals surface area contributed by atoms with Crippen LogP contribution in [0.5, 0.6) is 0 Å². The molecule has 1 aliphatic rings. The number of carbonyl (C=O) groups excluding carboxylic acids is 4. The Morgan fingerprint density at radius 2 is 1.80 bits per heavy atom. The van der Waals surface area contributed by atoms with Gasteiger partial charge in [-0.2, -0.15) is 0 Å². The van der Waals surface area contributed by atoms with Gasteiger partial charge in [0.2, 0.25) is 11.7 Å². The molecule has 0 bridgehead atoms. The Balaban J connectivity index is 1.60. The maximum Gasteiger partial charge on any atom is 0.312 e. The van der Waals surface area contributed by atoms with Crippen LogP contribution in [-0.2, 0) is 14.3 Å². The molecule has 7 nitrogen and oxygen atoms in total. The van der Waals surface area contributed by atoms with Crippen LogP contribution < -0.4 is 5.43 Å². The van der Waals surface area contributed by atoms with Crippen molar-refractivity contribution in [3.8, 4) is 0 Å². The van der Waals surface area contributed by atoms with Crippen molar-refractivity contribution in [1.82, 2.24) is 10.4 Å². The number of aryl methyl sites for hydroxylation is 1. The van der Waals surface area contributed by atoms with E-state index in [0.29, 0.717) is 17.5 Å². The molecular weight excluding hydrogens is 384 g/mol. The lowest BCUT2D eigenvalue weighted by Gasteiger charge is -2.19. The van der Waals surface area contributed by atoms with Gasteiger partial charge < -0.3 is 4.74 Å². The van der Waals surface area contributed by atoms with Crippen molar-refractivity contribution in [3.63, 3.8) is 0 Å². The van der Waals surface area contributed by atoms with E-state index in [-0.39, 0.29) is 24.7 Å². The Labute approximate surface area is 175 Å². The van der Waals surface area contributed by atoms with Crippen molar-refractivity contribution in [2.45, 2.75) is 32.8 Å². The molecule has 2 amide bonds. The summed E-state index contributed by atoms with van der Waals surface area (Å²) < 4.78 is 5.42. The molecule has 0 aromatic heterocycles. The van der Waals surface area contributed by atoms with Gasteiger partial charge in [-0.3, -0.25) is 29.6 Å². The van der Waals surface area contributed by atoms with Crippen LogP contribution in [-0.4, -0.2) is 41.2 Å². The molecule has 1 saturated heterocycles. The minimum absolute atomic E-state index is 0.00514. The highest BCUT2D eigenvalue weighted by Crippen LogP contribution is 2.20. The second kappa shape index (κ2) is 9.35. The number of nitrogens with zero attached hydrogens (tertiary/aromatic N) is 1. The molecule has 1 N–H and O–H groups in total. The number of hydrogen-bond donors (Lipinski definition) is 1. The zero-order chi connectivity index (χ0) is 21.7. The van der Waals surface area contributed by atoms with Crippen molar-refractivity contribution >= 4 is 23.6 Å². The first-order valence-corrected chi connectivity index (χ1v) is 9.86. The molecule has 0 saturated carbocycles. The number of benzene rings is 2. The van der Waals surface area contributed by atoms with Gasteiger partial charge in [0.1, 0.15) is 0 Å². The number of ketones is 1. The van der Waals surface area contributed by atoms with Crippen LogP contribution in [0.3, 0.4) is 0 Å². The summed E-state index contributed by atoms with van der Waals surface area (Å²) in [5.41, 5.74) is 4.35. The molecule has 2 atom stereocenters. The molecule has 0 unspecified atom stereocenters. The molecule has 0 aliphatic carbocycles. The zero-order valence-corrected chi connectivity index (χ0v) is 17.0. The molecule has 0 spiro atoms. The van der Waals surface area contributed by atoms with Gasteiger partial charge in [0.15, 0.2) is 6.10 Å². The minimum atomic E-state index is -0.911. The molecule has 2 aromatic rings. The zero-order valence-electron chi connectivity index (χ0n) is 17.0. The fourth-order valence-corrected chi connectivity index (χ4v) is 3.29. The van der Waals surface area contributed by atoms with E-state index < -0.39 is 23.9 Å². The van der Waals surface area contributed by atoms with Gasteiger partial charge in [-0.1, -0.05) is 55.0 Å². The summed E-state index contributed by atoms with van der Waals surface area (Å²) in [4.78, 5) is 49.8. The summed E-state index contributed by atoms with van der Waals surface area (Å²) in [6.45, 7) is 3.63. The number of carbonyl (C=O) groups is 4. The quantitative estimate of drug-likeness (QED) is 0.562. The van der Waals surface area contributed by atoms with Crippen LogP contribution in [0.4, 0.5) is 0 Å². The molecule has 0 radical (unpaired) electrons. The monoisotopic (exact) mass is 408 g/mol. The number of rotatable bonds is 7. The van der Waals surface area contributed by atoms with Crippen LogP contribution >= 0.6 is 0 Å². The first-order valence-electron chi connectivity index (χ1n) is 9.86. The SMILES string of the molecule is CC[C@H](OC(=O)[C@@H]1CC(=O)N(NC(=O)c2cccc(C)c2)C1)C(=O)c1ccccc1. The topological polar surface area (TPSA) is 92.8 Å². The lowest BCUT2D eigenvalue weighted by molar-refractivity contribution is -0.151. The second-order valence-corrected chi connectivity index (χ2v) is 7.28. The van der Waals surface area contributed by atoms with Crippen LogP contribution in [0.1, 0.15) is 46.0 Å². The molecule has 1 heterocycles. The number of Topliss-reactive ketones (excluding diaryl/α,β-unsaturated/α-hetero) is 1. The summed E-state index contributed by atoms with van der Waals surface area (Å²) in [7, 11) is 0. The Hall–Kier alpha value is -3.48. The highest BCUT2D eigenvalue weighted by molar-refractivity contribution is 6.01. The van der Waals surface area contributed by atoms with Crippen LogP contribution in [0.15, 0.2) is 54.6 Å². The van der Waals surface area contributed by atoms with E-state index in [4.69, 9.17) is 4.74 Å². The number of amides is 2. The van der Waals surface area contributed by atoms with E-state index in [1.165, 1.54) is 0 Å². The highest BCUT2D eigenvalue weighted by Gasteiger charge is 2.38. The van der Waals surface area contributed by atoms with E-state index in [9.17, 15) is 19.2 Å². The Morgan fingerprint density at radius 1 is 1.10 bits per heavy atom. The van der Waals surface area contributed by atoms with Gasteiger partial charge in [-0.15, -0.1) is 0 Å². The van der Waals surface area contributed by atoms with Gasteiger partial charge in [0.05, 0.1) is 12.5 Å². The number of nitrogens with one attached hydrogen (secondary N) is 1. The van der Waals surface area contributed by atoms with Gasteiger partial charge in [0, 0.05) is 17.5 Å². The number of esters is 1. The summed E-state index contributed by atoms with van der Waals surface area (Å²) in [5, 5.41) is 1.14. The lowest BCUT2D eigenvalue weighted by atomic mass is 10.0. The number of hydrazine groups is 1. The van der Waals surface area contributed by atoms with Gasteiger partial charge in [-0.25, -0.2) is 0 Å². The normalized spacial score (nSPS) is 16.8. The van der Waals surface area contributed by atoms with Crippen LogP contribution in [0, 0.1) is 12.8 Å². The molecule has 30 heavy (non-hydrogen) atoms. The number of ether oxygens (including phenoxy) is 1. The molecule has 1 fully saturated rings. The van der Waals surface area contributed by atoms with Crippen molar-refractivity contribution in [1.29, 1.82) is 0 Å². The molecule has 7 heteroatoms. The highest BCUT2D eigenvalue weighted by atomic mass is 16.5. The van der Waals surface area contributed by atoms with Crippen LogP contribution in [0.2, 0.25) is 0 Å². The Kier molecular flexibility index (Phi) is 6.61. The maximum atomic E-state index is 12.6. The second-order valence-electron chi connectivity index (χ2n) is 7.28. The molecule has 156 valence electrons. The Morgan fingerprint density at radius 3 is 2.47 bits per heavy atom. The predicted molar refractivity (Wildman–Crippen MR) is 109 cm³/mol. The largest absolute Gasteiger partial charge is 0.454 e. The smallest absolute Gasteiger partial charge is 0.312 e. The van der Waals surface area contributed by atoms with E-state index in [1.54, 1.807) is 55.5 Å². The van der Waals surface area contributed by atoms with Crippen molar-refractivity contribution in [2.24, 2.45) is 5.92 Å². The van der Waals surface area contributed by atoms with Gasteiger partial charge in [0.25, 0.3) is 5.91 Å².